The van der Waals surface area contributed by atoms with Gasteiger partial charge in [-0.2, -0.15) is 0 Å². The summed E-state index contributed by atoms with van der Waals surface area (Å²) in [5, 5.41) is 5.40. The monoisotopic (exact) mass is 412 g/mol. The highest BCUT2D eigenvalue weighted by atomic mass is 127. The standard InChI is InChI=1S/C16H14FIN2O2/c17-12-7-5-11(6-8-12)15(21)19-9-10-20-16(22)13-3-1-2-4-14(13)18/h1-8H,9-10H2,(H,19,21)(H,20,22). The Morgan fingerprint density at radius 2 is 1.50 bits per heavy atom. The summed E-state index contributed by atoms with van der Waals surface area (Å²) in [6, 6.07) is 12.5. The zero-order chi connectivity index (χ0) is 15.9. The van der Waals surface area contributed by atoms with Gasteiger partial charge in [0.2, 0.25) is 0 Å². The number of nitrogens with one attached hydrogen (secondary N) is 2. The summed E-state index contributed by atoms with van der Waals surface area (Å²) in [5.74, 6) is -0.870. The Kier molecular flexibility index (Phi) is 5.88. The smallest absolute Gasteiger partial charge is 0.252 e. The molecule has 2 amide bonds. The van der Waals surface area contributed by atoms with Crippen LogP contribution in [0.2, 0.25) is 0 Å². The average Bonchev–Trinajstić information content (AvgIpc) is 2.52. The molecule has 0 atom stereocenters. The number of carbonyl (C=O) groups is 2. The van der Waals surface area contributed by atoms with Gasteiger partial charge in [-0.3, -0.25) is 9.59 Å². The van der Waals surface area contributed by atoms with Crippen molar-refractivity contribution in [3.05, 3.63) is 69.0 Å². The van der Waals surface area contributed by atoms with Crippen molar-refractivity contribution in [1.82, 2.24) is 10.6 Å². The van der Waals surface area contributed by atoms with E-state index in [2.05, 4.69) is 33.2 Å². The molecule has 0 fully saturated rings. The number of halogens is 2. The van der Waals surface area contributed by atoms with Gasteiger partial charge in [-0.15, -0.1) is 0 Å². The minimum atomic E-state index is -0.388. The second kappa shape index (κ2) is 7.88. The van der Waals surface area contributed by atoms with E-state index >= 15 is 0 Å². The molecule has 0 aromatic heterocycles. The fraction of sp³-hybridized carbons (Fsp3) is 0.125. The van der Waals surface area contributed by atoms with Gasteiger partial charge in [0.05, 0.1) is 5.56 Å². The van der Waals surface area contributed by atoms with E-state index in [1.165, 1.54) is 24.3 Å². The van der Waals surface area contributed by atoms with E-state index in [0.29, 0.717) is 24.2 Å². The van der Waals surface area contributed by atoms with Crippen LogP contribution in [0.5, 0.6) is 0 Å². The van der Waals surface area contributed by atoms with Gasteiger partial charge in [0.25, 0.3) is 11.8 Å². The molecule has 0 unspecified atom stereocenters. The minimum absolute atomic E-state index is 0.180. The van der Waals surface area contributed by atoms with E-state index in [1.54, 1.807) is 12.1 Å². The molecule has 114 valence electrons. The third kappa shape index (κ3) is 4.52. The summed E-state index contributed by atoms with van der Waals surface area (Å²) in [6.07, 6.45) is 0. The third-order valence-corrected chi connectivity index (χ3v) is 3.86. The lowest BCUT2D eigenvalue weighted by molar-refractivity contribution is 0.0927. The number of rotatable bonds is 5. The number of amides is 2. The molecule has 6 heteroatoms. The van der Waals surface area contributed by atoms with Gasteiger partial charge in [0, 0.05) is 22.2 Å². The second-order valence-corrected chi connectivity index (χ2v) is 5.66. The lowest BCUT2D eigenvalue weighted by atomic mass is 10.2. The van der Waals surface area contributed by atoms with Crippen LogP contribution in [0.1, 0.15) is 20.7 Å². The van der Waals surface area contributed by atoms with E-state index in [4.69, 9.17) is 0 Å². The van der Waals surface area contributed by atoms with Crippen molar-refractivity contribution in [2.45, 2.75) is 0 Å². The van der Waals surface area contributed by atoms with Gasteiger partial charge in [-0.1, -0.05) is 12.1 Å². The summed E-state index contributed by atoms with van der Waals surface area (Å²) in [4.78, 5) is 23.7. The van der Waals surface area contributed by atoms with E-state index in [-0.39, 0.29) is 17.6 Å². The van der Waals surface area contributed by atoms with Crippen LogP contribution in [0, 0.1) is 9.39 Å². The maximum Gasteiger partial charge on any atom is 0.252 e. The number of benzene rings is 2. The summed E-state index contributed by atoms with van der Waals surface area (Å²) >= 11 is 2.10. The van der Waals surface area contributed by atoms with Crippen molar-refractivity contribution in [3.8, 4) is 0 Å². The molecule has 0 heterocycles. The average molecular weight is 412 g/mol. The third-order valence-electron chi connectivity index (χ3n) is 2.92. The fourth-order valence-corrected chi connectivity index (χ4v) is 2.43. The van der Waals surface area contributed by atoms with E-state index in [0.717, 1.165) is 3.57 Å². The molecule has 0 bridgehead atoms. The predicted octanol–water partition coefficient (Wildman–Crippen LogP) is 2.59. The van der Waals surface area contributed by atoms with Gasteiger partial charge in [-0.25, -0.2) is 4.39 Å². The van der Waals surface area contributed by atoms with Gasteiger partial charge < -0.3 is 10.6 Å². The van der Waals surface area contributed by atoms with E-state index in [1.807, 2.05) is 12.1 Å². The molecule has 0 aliphatic rings. The molecule has 0 saturated carbocycles. The predicted molar refractivity (Wildman–Crippen MR) is 90.2 cm³/mol. The van der Waals surface area contributed by atoms with Crippen molar-refractivity contribution >= 4 is 34.4 Å². The fourth-order valence-electron chi connectivity index (χ4n) is 1.80. The Balaban J connectivity index is 1.77. The van der Waals surface area contributed by atoms with Crippen LogP contribution in [0.15, 0.2) is 48.5 Å². The number of hydrogen-bond acceptors (Lipinski definition) is 2. The molecule has 2 N–H and O–H groups in total. The molecule has 22 heavy (non-hydrogen) atoms. The minimum Gasteiger partial charge on any atom is -0.350 e. The zero-order valence-corrected chi connectivity index (χ0v) is 13.8. The molecule has 2 aromatic carbocycles. The summed E-state index contributed by atoms with van der Waals surface area (Å²) < 4.78 is 13.6. The molecule has 2 aromatic rings. The first-order chi connectivity index (χ1) is 10.6. The Hall–Kier alpha value is -1.96. The SMILES string of the molecule is O=C(NCCNC(=O)c1ccccc1I)c1ccc(F)cc1. The molecule has 2 rings (SSSR count). The van der Waals surface area contributed by atoms with Crippen molar-refractivity contribution in [3.63, 3.8) is 0 Å². The van der Waals surface area contributed by atoms with Crippen LogP contribution in [0.25, 0.3) is 0 Å². The molecular weight excluding hydrogens is 398 g/mol. The van der Waals surface area contributed by atoms with E-state index < -0.39 is 0 Å². The second-order valence-electron chi connectivity index (χ2n) is 4.50. The first-order valence-electron chi connectivity index (χ1n) is 6.64. The highest BCUT2D eigenvalue weighted by molar-refractivity contribution is 14.1. The van der Waals surface area contributed by atoms with Crippen LogP contribution >= 0.6 is 22.6 Å². The first kappa shape index (κ1) is 16.4. The first-order valence-corrected chi connectivity index (χ1v) is 7.72. The Bertz CT molecular complexity index is 674. The van der Waals surface area contributed by atoms with Crippen LogP contribution in [-0.4, -0.2) is 24.9 Å². The van der Waals surface area contributed by atoms with E-state index in [9.17, 15) is 14.0 Å². The molecule has 0 spiro atoms. The molecular formula is C16H14FIN2O2. The summed E-state index contributed by atoms with van der Waals surface area (Å²) in [5.41, 5.74) is 0.985. The quantitative estimate of drug-likeness (QED) is 0.586. The lowest BCUT2D eigenvalue weighted by Gasteiger charge is -2.08. The lowest BCUT2D eigenvalue weighted by Crippen LogP contribution is -2.34. The molecule has 0 saturated heterocycles. The van der Waals surface area contributed by atoms with Crippen LogP contribution < -0.4 is 10.6 Å². The van der Waals surface area contributed by atoms with Crippen LogP contribution in [-0.2, 0) is 0 Å². The Labute approximate surface area is 141 Å². The van der Waals surface area contributed by atoms with Gasteiger partial charge in [0.15, 0.2) is 0 Å². The number of carbonyl (C=O) groups excluding carboxylic acids is 2. The van der Waals surface area contributed by atoms with Gasteiger partial charge in [-0.05, 0) is 59.0 Å². The molecule has 0 aliphatic carbocycles. The molecule has 4 nitrogen and oxygen atoms in total. The van der Waals surface area contributed by atoms with Crippen molar-refractivity contribution in [2.24, 2.45) is 0 Å². The molecule has 0 aliphatic heterocycles. The van der Waals surface area contributed by atoms with Crippen LogP contribution in [0.3, 0.4) is 0 Å². The van der Waals surface area contributed by atoms with Crippen molar-refractivity contribution < 1.29 is 14.0 Å². The largest absolute Gasteiger partial charge is 0.350 e. The van der Waals surface area contributed by atoms with Crippen molar-refractivity contribution in [2.75, 3.05) is 13.1 Å². The number of hydrogen-bond donors (Lipinski definition) is 2. The zero-order valence-electron chi connectivity index (χ0n) is 11.6. The van der Waals surface area contributed by atoms with Crippen LogP contribution in [0.4, 0.5) is 4.39 Å². The normalized spacial score (nSPS) is 10.1. The Morgan fingerprint density at radius 3 is 2.14 bits per heavy atom. The highest BCUT2D eigenvalue weighted by Gasteiger charge is 2.09. The molecule has 0 radical (unpaired) electrons. The summed E-state index contributed by atoms with van der Waals surface area (Å²) in [6.45, 7) is 0.613. The topological polar surface area (TPSA) is 58.2 Å². The Morgan fingerprint density at radius 1 is 0.909 bits per heavy atom. The van der Waals surface area contributed by atoms with Gasteiger partial charge in [0.1, 0.15) is 5.82 Å². The summed E-state index contributed by atoms with van der Waals surface area (Å²) in [7, 11) is 0. The maximum absolute atomic E-state index is 12.8. The maximum atomic E-state index is 12.8. The highest BCUT2D eigenvalue weighted by Crippen LogP contribution is 2.10. The van der Waals surface area contributed by atoms with Crippen molar-refractivity contribution in [1.29, 1.82) is 0 Å². The van der Waals surface area contributed by atoms with Gasteiger partial charge >= 0.3 is 0 Å².